The van der Waals surface area contributed by atoms with Crippen LogP contribution < -0.4 is 10.2 Å². The van der Waals surface area contributed by atoms with Crippen molar-refractivity contribution in [3.05, 3.63) is 59.7 Å². The molecule has 0 bridgehead atoms. The third-order valence-corrected chi connectivity index (χ3v) is 3.30. The topological polar surface area (TPSA) is 58.6 Å². The first kappa shape index (κ1) is 16.5. The quantitative estimate of drug-likeness (QED) is 0.862. The Bertz CT molecular complexity index is 676. The van der Waals surface area contributed by atoms with Crippen molar-refractivity contribution in [3.63, 3.8) is 0 Å². The molecule has 2 aromatic carbocycles. The van der Waals surface area contributed by atoms with Crippen LogP contribution in [-0.4, -0.2) is 26.0 Å². The molecule has 1 N–H and O–H groups in total. The second-order valence-electron chi connectivity index (χ2n) is 5.37. The van der Waals surface area contributed by atoms with E-state index in [4.69, 9.17) is 4.74 Å². The third kappa shape index (κ3) is 4.85. The van der Waals surface area contributed by atoms with E-state index in [9.17, 15) is 9.59 Å². The second-order valence-corrected chi connectivity index (χ2v) is 5.37. The number of nitrogens with one attached hydrogen (secondary N) is 1. The number of anilines is 2. The van der Waals surface area contributed by atoms with Crippen LogP contribution in [0.3, 0.4) is 0 Å². The number of carbonyl (C=O) groups excluding carboxylic acids is 2. The second kappa shape index (κ2) is 7.45. The molecule has 0 spiro atoms. The van der Waals surface area contributed by atoms with Gasteiger partial charge in [-0.2, -0.15) is 0 Å². The summed E-state index contributed by atoms with van der Waals surface area (Å²) in [4.78, 5) is 25.0. The molecule has 5 nitrogen and oxygen atoms in total. The zero-order chi connectivity index (χ0) is 16.8. The molecule has 1 amide bonds. The first-order valence-corrected chi connectivity index (χ1v) is 7.27. The largest absolute Gasteiger partial charge is 0.461 e. The van der Waals surface area contributed by atoms with Gasteiger partial charge in [-0.15, -0.1) is 0 Å². The summed E-state index contributed by atoms with van der Waals surface area (Å²) in [6, 6.07) is 14.6. The van der Waals surface area contributed by atoms with Gasteiger partial charge in [0.15, 0.2) is 0 Å². The van der Waals surface area contributed by atoms with E-state index in [2.05, 4.69) is 5.32 Å². The van der Waals surface area contributed by atoms with Gasteiger partial charge < -0.3 is 15.0 Å². The number of rotatable bonds is 5. The van der Waals surface area contributed by atoms with E-state index in [0.717, 1.165) is 16.9 Å². The van der Waals surface area contributed by atoms with Crippen LogP contribution in [0.4, 0.5) is 11.4 Å². The zero-order valence-electron chi connectivity index (χ0n) is 13.5. The molecule has 2 rings (SSSR count). The molecule has 0 fully saturated rings. The lowest BCUT2D eigenvalue weighted by molar-refractivity contribution is -0.142. The van der Waals surface area contributed by atoms with Crippen molar-refractivity contribution < 1.29 is 14.3 Å². The Labute approximate surface area is 135 Å². The van der Waals surface area contributed by atoms with Gasteiger partial charge in [0.2, 0.25) is 0 Å². The Morgan fingerprint density at radius 3 is 2.13 bits per heavy atom. The normalized spacial score (nSPS) is 10.0. The fraction of sp³-hybridized carbons (Fsp3) is 0.222. The average Bonchev–Trinajstić information content (AvgIpc) is 2.54. The predicted molar refractivity (Wildman–Crippen MR) is 90.6 cm³/mol. The van der Waals surface area contributed by atoms with Gasteiger partial charge in [0.1, 0.15) is 6.61 Å². The van der Waals surface area contributed by atoms with Gasteiger partial charge in [0.25, 0.3) is 5.91 Å². The number of hydrogen-bond donors (Lipinski definition) is 1. The van der Waals surface area contributed by atoms with Crippen LogP contribution >= 0.6 is 0 Å². The predicted octanol–water partition coefficient (Wildman–Crippen LogP) is 3.07. The van der Waals surface area contributed by atoms with Crippen molar-refractivity contribution in [1.82, 2.24) is 0 Å². The lowest BCUT2D eigenvalue weighted by Crippen LogP contribution is -2.12. The minimum absolute atomic E-state index is 0.179. The number of ether oxygens (including phenoxy) is 1. The lowest BCUT2D eigenvalue weighted by atomic mass is 10.1. The first-order chi connectivity index (χ1) is 11.0. The highest BCUT2D eigenvalue weighted by Gasteiger charge is 2.07. The van der Waals surface area contributed by atoms with Crippen molar-refractivity contribution in [1.29, 1.82) is 0 Å². The number of benzene rings is 2. The van der Waals surface area contributed by atoms with Crippen LogP contribution in [0.5, 0.6) is 0 Å². The molecule has 5 heteroatoms. The fourth-order valence-corrected chi connectivity index (χ4v) is 1.98. The molecular formula is C18H20N2O3. The van der Waals surface area contributed by atoms with Crippen molar-refractivity contribution in [3.8, 4) is 0 Å². The summed E-state index contributed by atoms with van der Waals surface area (Å²) >= 11 is 0. The van der Waals surface area contributed by atoms with E-state index in [-0.39, 0.29) is 18.5 Å². The molecule has 0 aliphatic rings. The molecule has 23 heavy (non-hydrogen) atoms. The van der Waals surface area contributed by atoms with Gasteiger partial charge >= 0.3 is 5.97 Å². The van der Waals surface area contributed by atoms with E-state index < -0.39 is 0 Å². The molecule has 2 aromatic rings. The Morgan fingerprint density at radius 2 is 1.61 bits per heavy atom. The monoisotopic (exact) mass is 312 g/mol. The van der Waals surface area contributed by atoms with Crippen molar-refractivity contribution in [2.75, 3.05) is 24.3 Å². The first-order valence-electron chi connectivity index (χ1n) is 7.27. The number of hydrogen-bond acceptors (Lipinski definition) is 4. The van der Waals surface area contributed by atoms with Gasteiger partial charge in [-0.3, -0.25) is 9.59 Å². The lowest BCUT2D eigenvalue weighted by Gasteiger charge is -2.13. The maximum atomic E-state index is 12.2. The molecular weight excluding hydrogens is 292 g/mol. The molecule has 0 aliphatic heterocycles. The Kier molecular flexibility index (Phi) is 5.36. The molecule has 0 heterocycles. The summed E-state index contributed by atoms with van der Waals surface area (Å²) in [6.45, 7) is 1.58. The number of carbonyl (C=O) groups is 2. The van der Waals surface area contributed by atoms with Crippen LogP contribution in [0.15, 0.2) is 48.5 Å². The molecule has 0 aromatic heterocycles. The van der Waals surface area contributed by atoms with E-state index in [1.165, 1.54) is 6.92 Å². The molecule has 0 radical (unpaired) electrons. The summed E-state index contributed by atoms with van der Waals surface area (Å²) < 4.78 is 4.91. The highest BCUT2D eigenvalue weighted by Crippen LogP contribution is 2.16. The zero-order valence-corrected chi connectivity index (χ0v) is 13.5. The minimum Gasteiger partial charge on any atom is -0.461 e. The van der Waals surface area contributed by atoms with Gasteiger partial charge in [-0.1, -0.05) is 12.1 Å². The van der Waals surface area contributed by atoms with Crippen LogP contribution in [0.2, 0.25) is 0 Å². The van der Waals surface area contributed by atoms with Crippen molar-refractivity contribution >= 4 is 23.3 Å². The maximum absolute atomic E-state index is 12.2. The highest BCUT2D eigenvalue weighted by molar-refractivity contribution is 6.04. The summed E-state index contributed by atoms with van der Waals surface area (Å²) in [5.74, 6) is -0.505. The highest BCUT2D eigenvalue weighted by atomic mass is 16.5. The van der Waals surface area contributed by atoms with Gasteiger partial charge in [-0.05, 0) is 42.0 Å². The van der Waals surface area contributed by atoms with E-state index in [1.807, 2.05) is 43.3 Å². The molecule has 0 saturated heterocycles. The van der Waals surface area contributed by atoms with Crippen LogP contribution in [0.1, 0.15) is 22.8 Å². The molecule has 0 aliphatic carbocycles. The van der Waals surface area contributed by atoms with Crippen LogP contribution in [0, 0.1) is 0 Å². The Balaban J connectivity index is 1.98. The van der Waals surface area contributed by atoms with E-state index in [1.54, 1.807) is 24.3 Å². The minimum atomic E-state index is -0.326. The fourth-order valence-electron chi connectivity index (χ4n) is 1.98. The number of nitrogens with zero attached hydrogens (tertiary/aromatic N) is 1. The maximum Gasteiger partial charge on any atom is 0.302 e. The van der Waals surface area contributed by atoms with Crippen LogP contribution in [0.25, 0.3) is 0 Å². The summed E-state index contributed by atoms with van der Waals surface area (Å²) in [5.41, 5.74) is 3.20. The van der Waals surface area contributed by atoms with Crippen LogP contribution in [-0.2, 0) is 16.1 Å². The Hall–Kier alpha value is -2.82. The average molecular weight is 312 g/mol. The molecule has 120 valence electrons. The standard InChI is InChI=1S/C18H20N2O3/c1-13(21)23-12-14-4-6-15(7-5-14)18(22)19-16-8-10-17(11-9-16)20(2)3/h4-11H,12H2,1-3H3,(H,19,22). The van der Waals surface area contributed by atoms with Crippen molar-refractivity contribution in [2.24, 2.45) is 0 Å². The van der Waals surface area contributed by atoms with Gasteiger partial charge in [0, 0.05) is 38.0 Å². The van der Waals surface area contributed by atoms with Gasteiger partial charge in [0.05, 0.1) is 0 Å². The summed E-state index contributed by atoms with van der Waals surface area (Å²) in [7, 11) is 3.93. The van der Waals surface area contributed by atoms with E-state index in [0.29, 0.717) is 5.56 Å². The summed E-state index contributed by atoms with van der Waals surface area (Å²) in [6.07, 6.45) is 0. The third-order valence-electron chi connectivity index (χ3n) is 3.30. The smallest absolute Gasteiger partial charge is 0.302 e. The van der Waals surface area contributed by atoms with E-state index >= 15 is 0 Å². The molecule has 0 saturated carbocycles. The summed E-state index contributed by atoms with van der Waals surface area (Å²) in [5, 5.41) is 2.85. The van der Waals surface area contributed by atoms with Crippen molar-refractivity contribution in [2.45, 2.75) is 13.5 Å². The van der Waals surface area contributed by atoms with Gasteiger partial charge in [-0.25, -0.2) is 0 Å². The SMILES string of the molecule is CC(=O)OCc1ccc(C(=O)Nc2ccc(N(C)C)cc2)cc1. The molecule has 0 atom stereocenters. The number of esters is 1. The molecule has 0 unspecified atom stereocenters. The Morgan fingerprint density at radius 1 is 1.00 bits per heavy atom. The number of amides is 1.